The first-order valence-corrected chi connectivity index (χ1v) is 16.3. The van der Waals surface area contributed by atoms with Crippen molar-refractivity contribution in [2.45, 2.75) is 45.4 Å². The number of imide groups is 1. The molecule has 4 amide bonds. The highest BCUT2D eigenvalue weighted by Crippen LogP contribution is 2.29. The summed E-state index contributed by atoms with van der Waals surface area (Å²) < 4.78 is 0. The molecule has 12 nitrogen and oxygen atoms in total. The maximum Gasteiger partial charge on any atom is 0.255 e. The van der Waals surface area contributed by atoms with Crippen LogP contribution in [0.5, 0.6) is 0 Å². The maximum absolute atomic E-state index is 13.1. The Morgan fingerprint density at radius 2 is 1.76 bits per heavy atom. The fourth-order valence-corrected chi connectivity index (χ4v) is 6.12. The first-order chi connectivity index (χ1) is 24.3. The molecule has 0 aliphatic carbocycles. The van der Waals surface area contributed by atoms with Gasteiger partial charge in [-0.25, -0.2) is 9.97 Å². The Morgan fingerprint density at radius 1 is 0.940 bits per heavy atom. The third kappa shape index (κ3) is 7.10. The molecule has 1 saturated heterocycles. The summed E-state index contributed by atoms with van der Waals surface area (Å²) >= 11 is 0. The summed E-state index contributed by atoms with van der Waals surface area (Å²) in [6.45, 7) is 3.46. The van der Waals surface area contributed by atoms with E-state index in [1.807, 2.05) is 67.6 Å². The van der Waals surface area contributed by atoms with E-state index in [-0.39, 0.29) is 24.1 Å². The first-order valence-electron chi connectivity index (χ1n) is 16.3. The molecule has 0 saturated carbocycles. The highest BCUT2D eigenvalue weighted by Gasteiger charge is 2.39. The molecule has 2 aliphatic heterocycles. The summed E-state index contributed by atoms with van der Waals surface area (Å²) in [5, 5.41) is 12.0. The Morgan fingerprint density at radius 3 is 2.56 bits per heavy atom. The van der Waals surface area contributed by atoms with Crippen molar-refractivity contribution in [1.29, 1.82) is 0 Å². The number of hydrogen-bond acceptors (Lipinski definition) is 9. The van der Waals surface area contributed by atoms with Crippen molar-refractivity contribution >= 4 is 41.0 Å². The number of nitrogens with zero attached hydrogens (tertiary/aromatic N) is 4. The van der Waals surface area contributed by atoms with Crippen molar-refractivity contribution in [1.82, 2.24) is 30.5 Å². The SMILES string of the molecule is Cc1ccc(NC(=O)c2ccc(CNCc3ccc4c(c3)CN(C3CCC(=O)NC3=O)C4=O)cc2)cc1Nc1nccc(-c2cccnc2)n1. The number of rotatable bonds is 10. The maximum atomic E-state index is 13.1. The van der Waals surface area contributed by atoms with E-state index in [1.165, 1.54) is 0 Å². The zero-order chi connectivity index (χ0) is 34.6. The monoisotopic (exact) mass is 666 g/mol. The summed E-state index contributed by atoms with van der Waals surface area (Å²) in [7, 11) is 0. The zero-order valence-corrected chi connectivity index (χ0v) is 27.3. The van der Waals surface area contributed by atoms with Crippen LogP contribution in [0.2, 0.25) is 0 Å². The number of piperidine rings is 1. The van der Waals surface area contributed by atoms with Crippen LogP contribution in [-0.2, 0) is 29.2 Å². The Labute approximate surface area is 288 Å². The van der Waals surface area contributed by atoms with Crippen LogP contribution < -0.4 is 21.3 Å². The van der Waals surface area contributed by atoms with Crippen molar-refractivity contribution in [3.8, 4) is 11.3 Å². The number of anilines is 3. The van der Waals surface area contributed by atoms with E-state index < -0.39 is 11.9 Å². The second kappa shape index (κ2) is 14.1. The van der Waals surface area contributed by atoms with Crippen LogP contribution in [0.4, 0.5) is 17.3 Å². The molecule has 7 rings (SSSR count). The van der Waals surface area contributed by atoms with E-state index in [4.69, 9.17) is 0 Å². The highest BCUT2D eigenvalue weighted by atomic mass is 16.2. The predicted molar refractivity (Wildman–Crippen MR) is 187 cm³/mol. The van der Waals surface area contributed by atoms with Gasteiger partial charge in [0.05, 0.1) is 5.69 Å². The number of nitrogens with one attached hydrogen (secondary N) is 4. The summed E-state index contributed by atoms with van der Waals surface area (Å²) in [4.78, 5) is 64.6. The van der Waals surface area contributed by atoms with Gasteiger partial charge in [0.2, 0.25) is 17.8 Å². The molecular formula is C38H34N8O4. The molecule has 0 bridgehead atoms. The van der Waals surface area contributed by atoms with Crippen LogP contribution in [0.15, 0.2) is 97.5 Å². The van der Waals surface area contributed by atoms with Crippen molar-refractivity contribution < 1.29 is 19.2 Å². The van der Waals surface area contributed by atoms with E-state index in [2.05, 4.69) is 36.2 Å². The predicted octanol–water partition coefficient (Wildman–Crippen LogP) is 4.89. The zero-order valence-electron chi connectivity index (χ0n) is 27.3. The van der Waals surface area contributed by atoms with Crippen LogP contribution in [0.25, 0.3) is 11.3 Å². The van der Waals surface area contributed by atoms with Crippen molar-refractivity contribution in [3.63, 3.8) is 0 Å². The molecule has 3 aromatic carbocycles. The lowest BCUT2D eigenvalue weighted by Crippen LogP contribution is -2.52. The number of amides is 4. The molecule has 4 heterocycles. The van der Waals surface area contributed by atoms with Crippen LogP contribution in [-0.4, -0.2) is 49.5 Å². The van der Waals surface area contributed by atoms with Crippen molar-refractivity contribution in [2.75, 3.05) is 10.6 Å². The summed E-state index contributed by atoms with van der Waals surface area (Å²) in [6, 6.07) is 23.7. The normalized spacial score (nSPS) is 15.4. The quantitative estimate of drug-likeness (QED) is 0.152. The minimum Gasteiger partial charge on any atom is -0.324 e. The van der Waals surface area contributed by atoms with Gasteiger partial charge in [0.25, 0.3) is 11.8 Å². The molecule has 250 valence electrons. The Hall–Kier alpha value is -6.27. The molecule has 2 aromatic heterocycles. The van der Waals surface area contributed by atoms with Gasteiger partial charge in [-0.05, 0) is 84.1 Å². The fourth-order valence-electron chi connectivity index (χ4n) is 6.12. The van der Waals surface area contributed by atoms with Crippen molar-refractivity contribution in [3.05, 3.63) is 131 Å². The number of hydrogen-bond donors (Lipinski definition) is 4. The van der Waals surface area contributed by atoms with Crippen LogP contribution in [0, 0.1) is 6.92 Å². The number of benzene rings is 3. The summed E-state index contributed by atoms with van der Waals surface area (Å²) in [5.74, 6) is -0.698. The Kier molecular flexibility index (Phi) is 9.08. The lowest BCUT2D eigenvalue weighted by atomic mass is 10.0. The first kappa shape index (κ1) is 32.3. The van der Waals surface area contributed by atoms with Crippen LogP contribution >= 0.6 is 0 Å². The van der Waals surface area contributed by atoms with Crippen LogP contribution in [0.3, 0.4) is 0 Å². The van der Waals surface area contributed by atoms with E-state index >= 15 is 0 Å². The van der Waals surface area contributed by atoms with E-state index in [1.54, 1.807) is 41.7 Å². The van der Waals surface area contributed by atoms with Gasteiger partial charge in [0, 0.05) is 72.7 Å². The smallest absolute Gasteiger partial charge is 0.255 e. The molecule has 0 radical (unpaired) electrons. The summed E-state index contributed by atoms with van der Waals surface area (Å²) in [5.41, 5.74) is 8.02. The third-order valence-electron chi connectivity index (χ3n) is 8.82. The molecule has 2 aliphatic rings. The fraction of sp³-hybridized carbons (Fsp3) is 0.184. The molecule has 12 heteroatoms. The largest absolute Gasteiger partial charge is 0.324 e. The average Bonchev–Trinajstić information content (AvgIpc) is 3.45. The van der Waals surface area contributed by atoms with Gasteiger partial charge in [-0.1, -0.05) is 30.3 Å². The van der Waals surface area contributed by atoms with Gasteiger partial charge >= 0.3 is 0 Å². The average molecular weight is 667 g/mol. The lowest BCUT2D eigenvalue weighted by Gasteiger charge is -2.29. The molecule has 5 aromatic rings. The van der Waals surface area contributed by atoms with Crippen LogP contribution in [0.1, 0.15) is 55.8 Å². The van der Waals surface area contributed by atoms with Gasteiger partial charge in [0.15, 0.2) is 0 Å². The number of aryl methyl sites for hydroxylation is 1. The van der Waals surface area contributed by atoms with Gasteiger partial charge in [0.1, 0.15) is 6.04 Å². The second-order valence-corrected chi connectivity index (χ2v) is 12.3. The van der Waals surface area contributed by atoms with E-state index in [0.717, 1.165) is 39.2 Å². The molecule has 1 atom stereocenters. The lowest BCUT2D eigenvalue weighted by molar-refractivity contribution is -0.136. The third-order valence-corrected chi connectivity index (χ3v) is 8.82. The Balaban J connectivity index is 0.922. The van der Waals surface area contributed by atoms with Gasteiger partial charge in [-0.2, -0.15) is 0 Å². The number of carbonyl (C=O) groups is 4. The summed E-state index contributed by atoms with van der Waals surface area (Å²) in [6.07, 6.45) is 5.71. The van der Waals surface area contributed by atoms with Gasteiger partial charge in [-0.15, -0.1) is 0 Å². The molecule has 0 spiro atoms. The van der Waals surface area contributed by atoms with E-state index in [0.29, 0.717) is 48.8 Å². The molecule has 1 fully saturated rings. The minimum atomic E-state index is -0.632. The minimum absolute atomic E-state index is 0.185. The number of aromatic nitrogens is 3. The standard InChI is InChI=1S/C38H34N8O4/c1-23-4-10-29(18-32(23)44-38-41-16-14-31(43-38)27-3-2-15-39-21-27)42-35(48)26-8-5-24(6-9-26)19-40-20-25-7-11-30-28(17-25)22-46(37(30)50)33-12-13-34(47)45-36(33)49/h2-11,14-18,21,33,40H,12-13,19-20,22H2,1H3,(H,42,48)(H,41,43,44)(H,45,47,49). The van der Waals surface area contributed by atoms with Gasteiger partial charge < -0.3 is 20.9 Å². The number of fused-ring (bicyclic) bond motifs is 1. The molecule has 1 unspecified atom stereocenters. The molecule has 4 N–H and O–H groups in total. The number of carbonyl (C=O) groups excluding carboxylic acids is 4. The van der Waals surface area contributed by atoms with Crippen molar-refractivity contribution in [2.24, 2.45) is 0 Å². The number of pyridine rings is 1. The second-order valence-electron chi connectivity index (χ2n) is 12.3. The Bertz CT molecular complexity index is 2100. The van der Waals surface area contributed by atoms with E-state index in [9.17, 15) is 19.2 Å². The van der Waals surface area contributed by atoms with Gasteiger partial charge in [-0.3, -0.25) is 29.5 Å². The topological polar surface area (TPSA) is 158 Å². The molecular weight excluding hydrogens is 632 g/mol. The molecule has 50 heavy (non-hydrogen) atoms. The highest BCUT2D eigenvalue weighted by molar-refractivity contribution is 6.06.